The minimum absolute atomic E-state index is 0.0388. The molecular formula is C15H9Cl2F3O. The van der Waals surface area contributed by atoms with Crippen molar-refractivity contribution in [3.63, 3.8) is 0 Å². The fraction of sp³-hybridized carbons (Fsp3) is 0.133. The van der Waals surface area contributed by atoms with Crippen LogP contribution in [0.25, 0.3) is 0 Å². The Morgan fingerprint density at radius 2 is 1.67 bits per heavy atom. The molecule has 0 spiro atoms. The van der Waals surface area contributed by atoms with Gasteiger partial charge < -0.3 is 0 Å². The Bertz CT molecular complexity index is 654. The molecule has 0 radical (unpaired) electrons. The Hall–Kier alpha value is -1.52. The number of halogens is 5. The van der Waals surface area contributed by atoms with E-state index >= 15 is 0 Å². The lowest BCUT2D eigenvalue weighted by Gasteiger charge is -2.12. The summed E-state index contributed by atoms with van der Waals surface area (Å²) in [7, 11) is 0. The van der Waals surface area contributed by atoms with Crippen molar-refractivity contribution in [3.05, 3.63) is 70.2 Å². The van der Waals surface area contributed by atoms with E-state index < -0.39 is 27.9 Å². The highest BCUT2D eigenvalue weighted by Gasteiger charge is 2.33. The first-order valence-corrected chi connectivity index (χ1v) is 6.72. The Balaban J connectivity index is 2.31. The van der Waals surface area contributed by atoms with Crippen molar-refractivity contribution < 1.29 is 18.0 Å². The molecule has 0 saturated carbocycles. The van der Waals surface area contributed by atoms with Gasteiger partial charge in [-0.1, -0.05) is 48.0 Å². The van der Waals surface area contributed by atoms with E-state index in [9.17, 15) is 18.0 Å². The molecule has 0 saturated heterocycles. The molecule has 2 rings (SSSR count). The van der Waals surface area contributed by atoms with Crippen molar-refractivity contribution in [2.75, 3.05) is 0 Å². The quantitative estimate of drug-likeness (QED) is 0.534. The molecule has 1 nitrogen and oxygen atoms in total. The Labute approximate surface area is 129 Å². The number of benzene rings is 2. The SMILES string of the molecule is O=C(c1ccc(C(F)(F)F)c(Cl)c1)C(Cl)c1ccccc1. The minimum atomic E-state index is -4.56. The standard InChI is InChI=1S/C15H9Cl2F3O/c16-12-8-10(6-7-11(12)15(18,19)20)14(21)13(17)9-4-2-1-3-5-9/h1-8,13H. The van der Waals surface area contributed by atoms with Gasteiger partial charge in [0.2, 0.25) is 0 Å². The summed E-state index contributed by atoms with van der Waals surface area (Å²) in [5.41, 5.74) is -0.372. The Kier molecular flexibility index (Phi) is 4.59. The fourth-order valence-electron chi connectivity index (χ4n) is 1.82. The van der Waals surface area contributed by atoms with Crippen LogP contribution in [0, 0.1) is 0 Å². The molecule has 0 aromatic heterocycles. The van der Waals surface area contributed by atoms with Gasteiger partial charge in [-0.05, 0) is 17.7 Å². The van der Waals surface area contributed by atoms with E-state index in [1.54, 1.807) is 30.3 Å². The molecule has 0 N–H and O–H groups in total. The van der Waals surface area contributed by atoms with Crippen LogP contribution in [0.5, 0.6) is 0 Å². The molecule has 0 bridgehead atoms. The first-order chi connectivity index (χ1) is 9.80. The maximum absolute atomic E-state index is 12.6. The van der Waals surface area contributed by atoms with Crippen molar-refractivity contribution in [2.24, 2.45) is 0 Å². The lowest BCUT2D eigenvalue weighted by molar-refractivity contribution is -0.137. The zero-order chi connectivity index (χ0) is 15.6. The van der Waals surface area contributed by atoms with Crippen molar-refractivity contribution in [3.8, 4) is 0 Å². The molecule has 1 unspecified atom stereocenters. The van der Waals surface area contributed by atoms with Gasteiger partial charge in [0.05, 0.1) is 10.6 Å². The molecule has 2 aromatic rings. The van der Waals surface area contributed by atoms with Crippen molar-refractivity contribution in [2.45, 2.75) is 11.6 Å². The van der Waals surface area contributed by atoms with E-state index in [0.717, 1.165) is 18.2 Å². The second kappa shape index (κ2) is 6.08. The number of carbonyl (C=O) groups is 1. The molecule has 0 aliphatic rings. The molecule has 0 fully saturated rings. The predicted octanol–water partition coefficient (Wildman–Crippen LogP) is 5.52. The zero-order valence-corrected chi connectivity index (χ0v) is 12.0. The average molecular weight is 333 g/mol. The number of hydrogen-bond donors (Lipinski definition) is 0. The Morgan fingerprint density at radius 3 is 2.19 bits per heavy atom. The topological polar surface area (TPSA) is 17.1 Å². The van der Waals surface area contributed by atoms with E-state index in [-0.39, 0.29) is 5.56 Å². The van der Waals surface area contributed by atoms with E-state index in [1.165, 1.54) is 0 Å². The summed E-state index contributed by atoms with van der Waals surface area (Å²) in [5, 5.41) is -1.50. The van der Waals surface area contributed by atoms with E-state index in [4.69, 9.17) is 23.2 Å². The van der Waals surface area contributed by atoms with Gasteiger partial charge in [0.1, 0.15) is 5.38 Å². The lowest BCUT2D eigenvalue weighted by Crippen LogP contribution is -2.10. The van der Waals surface area contributed by atoms with Crippen molar-refractivity contribution in [1.82, 2.24) is 0 Å². The maximum Gasteiger partial charge on any atom is 0.417 e. The number of carbonyl (C=O) groups excluding carboxylic acids is 1. The van der Waals surface area contributed by atoms with Gasteiger partial charge in [-0.25, -0.2) is 0 Å². The fourth-order valence-corrected chi connectivity index (χ4v) is 2.38. The molecule has 0 aliphatic carbocycles. The third kappa shape index (κ3) is 3.57. The van der Waals surface area contributed by atoms with Crippen LogP contribution in [0.15, 0.2) is 48.5 Å². The first kappa shape index (κ1) is 15.9. The molecular weight excluding hydrogens is 324 g/mol. The average Bonchev–Trinajstić information content (AvgIpc) is 2.45. The van der Waals surface area contributed by atoms with Gasteiger partial charge in [-0.15, -0.1) is 11.6 Å². The van der Waals surface area contributed by atoms with Gasteiger partial charge in [-0.2, -0.15) is 13.2 Å². The molecule has 0 amide bonds. The van der Waals surface area contributed by atoms with Crippen LogP contribution < -0.4 is 0 Å². The van der Waals surface area contributed by atoms with Crippen LogP contribution in [-0.4, -0.2) is 5.78 Å². The summed E-state index contributed by atoms with van der Waals surface area (Å²) in [4.78, 5) is 12.2. The maximum atomic E-state index is 12.6. The molecule has 6 heteroatoms. The Morgan fingerprint density at radius 1 is 1.05 bits per heavy atom. The van der Waals surface area contributed by atoms with Crippen LogP contribution in [0.4, 0.5) is 13.2 Å². The van der Waals surface area contributed by atoms with Crippen LogP contribution >= 0.6 is 23.2 Å². The largest absolute Gasteiger partial charge is 0.417 e. The summed E-state index contributed by atoms with van der Waals surface area (Å²) < 4.78 is 37.8. The molecule has 1 atom stereocenters. The van der Waals surface area contributed by atoms with E-state index in [1.807, 2.05) is 0 Å². The van der Waals surface area contributed by atoms with Crippen molar-refractivity contribution >= 4 is 29.0 Å². The molecule has 21 heavy (non-hydrogen) atoms. The normalized spacial score (nSPS) is 13.0. The first-order valence-electron chi connectivity index (χ1n) is 5.90. The number of hydrogen-bond acceptors (Lipinski definition) is 1. The van der Waals surface area contributed by atoms with Crippen LogP contribution in [0.3, 0.4) is 0 Å². The third-order valence-electron chi connectivity index (χ3n) is 2.88. The number of rotatable bonds is 3. The highest BCUT2D eigenvalue weighted by Crippen LogP contribution is 2.36. The number of Topliss-reactive ketones (excluding diaryl/α,β-unsaturated/α-hetero) is 1. The lowest BCUT2D eigenvalue weighted by atomic mass is 10.0. The van der Waals surface area contributed by atoms with Crippen molar-refractivity contribution in [1.29, 1.82) is 0 Å². The van der Waals surface area contributed by atoms with Gasteiger partial charge in [-0.3, -0.25) is 4.79 Å². The molecule has 0 heterocycles. The third-order valence-corrected chi connectivity index (χ3v) is 3.64. The van der Waals surface area contributed by atoms with Gasteiger partial charge in [0, 0.05) is 5.56 Å². The number of alkyl halides is 4. The van der Waals surface area contributed by atoms with Crippen LogP contribution in [0.1, 0.15) is 26.9 Å². The molecule has 2 aromatic carbocycles. The van der Waals surface area contributed by atoms with E-state index in [0.29, 0.717) is 5.56 Å². The van der Waals surface area contributed by atoms with Gasteiger partial charge in [0.25, 0.3) is 0 Å². The molecule has 110 valence electrons. The summed E-state index contributed by atoms with van der Waals surface area (Å²) in [6, 6.07) is 11.4. The van der Waals surface area contributed by atoms with E-state index in [2.05, 4.69) is 0 Å². The van der Waals surface area contributed by atoms with Crippen LogP contribution in [-0.2, 0) is 6.18 Å². The summed E-state index contributed by atoms with van der Waals surface area (Å²) >= 11 is 11.7. The second-order valence-corrected chi connectivity index (χ2v) is 5.17. The summed E-state index contributed by atoms with van der Waals surface area (Å²) in [6.45, 7) is 0. The molecule has 0 aliphatic heterocycles. The highest BCUT2D eigenvalue weighted by atomic mass is 35.5. The van der Waals surface area contributed by atoms with Gasteiger partial charge in [0.15, 0.2) is 5.78 Å². The van der Waals surface area contributed by atoms with Gasteiger partial charge >= 0.3 is 6.18 Å². The minimum Gasteiger partial charge on any atom is -0.292 e. The number of ketones is 1. The highest BCUT2D eigenvalue weighted by molar-refractivity contribution is 6.35. The van der Waals surface area contributed by atoms with Crippen LogP contribution in [0.2, 0.25) is 5.02 Å². The summed E-state index contributed by atoms with van der Waals surface area (Å²) in [6.07, 6.45) is -4.56. The predicted molar refractivity (Wildman–Crippen MR) is 75.8 cm³/mol. The second-order valence-electron chi connectivity index (χ2n) is 4.33. The zero-order valence-electron chi connectivity index (χ0n) is 10.5. The summed E-state index contributed by atoms with van der Waals surface area (Å²) in [5.74, 6) is -0.501. The smallest absolute Gasteiger partial charge is 0.292 e. The monoisotopic (exact) mass is 332 g/mol.